The third kappa shape index (κ3) is 4.19. The van der Waals surface area contributed by atoms with Gasteiger partial charge in [0, 0.05) is 30.6 Å². The van der Waals surface area contributed by atoms with Crippen LogP contribution in [0.5, 0.6) is 0 Å². The van der Waals surface area contributed by atoms with Gasteiger partial charge >= 0.3 is 12.0 Å². The van der Waals surface area contributed by atoms with E-state index < -0.39 is 5.97 Å². The summed E-state index contributed by atoms with van der Waals surface area (Å²) in [7, 11) is 0. The van der Waals surface area contributed by atoms with Gasteiger partial charge in [-0.1, -0.05) is 0 Å². The minimum atomic E-state index is -0.757. The lowest BCUT2D eigenvalue weighted by atomic mass is 9.94. The topological polar surface area (TPSA) is 82.5 Å². The summed E-state index contributed by atoms with van der Waals surface area (Å²) in [6.07, 6.45) is 3.52. The average molecular weight is 297 g/mol. The number of nitrogens with zero attached hydrogens (tertiary/aromatic N) is 2. The molecule has 1 saturated heterocycles. The second-order valence-corrected chi connectivity index (χ2v) is 6.37. The maximum Gasteiger partial charge on any atom is 0.317 e. The molecule has 0 atom stereocenters. The number of hydrogen-bond acceptors (Lipinski definition) is 4. The number of amides is 2. The first kappa shape index (κ1) is 14.8. The van der Waals surface area contributed by atoms with Gasteiger partial charge in [-0.2, -0.15) is 0 Å². The molecule has 0 unspecified atom stereocenters. The van der Waals surface area contributed by atoms with Crippen LogP contribution in [-0.4, -0.2) is 40.1 Å². The molecule has 0 spiro atoms. The normalized spacial score (nSPS) is 16.1. The molecule has 1 aromatic heterocycles. The number of hydrogen-bond donors (Lipinski definition) is 2. The maximum atomic E-state index is 12.0. The van der Waals surface area contributed by atoms with Gasteiger partial charge < -0.3 is 15.3 Å². The van der Waals surface area contributed by atoms with Crippen LogP contribution in [0.2, 0.25) is 0 Å². The Labute approximate surface area is 121 Å². The Balaban J connectivity index is 1.73. The van der Waals surface area contributed by atoms with Crippen molar-refractivity contribution in [3.63, 3.8) is 0 Å². The minimum absolute atomic E-state index is 0.0911. The van der Waals surface area contributed by atoms with Crippen LogP contribution in [0.1, 0.15) is 29.1 Å². The molecule has 2 N–H and O–H groups in total. The third-order valence-corrected chi connectivity index (χ3v) is 4.34. The monoisotopic (exact) mass is 297 g/mol. The van der Waals surface area contributed by atoms with Crippen molar-refractivity contribution < 1.29 is 14.7 Å². The number of carboxylic acids is 1. The van der Waals surface area contributed by atoms with E-state index in [0.717, 1.165) is 22.7 Å². The molecule has 6 nitrogen and oxygen atoms in total. The van der Waals surface area contributed by atoms with Crippen LogP contribution >= 0.6 is 11.3 Å². The molecule has 1 fully saturated rings. The lowest BCUT2D eigenvalue weighted by Crippen LogP contribution is -2.44. The Hall–Kier alpha value is -1.63. The molecule has 2 amide bonds. The Morgan fingerprint density at radius 2 is 2.20 bits per heavy atom. The summed E-state index contributed by atoms with van der Waals surface area (Å²) in [5.74, 6) is -0.565. The molecule has 0 saturated carbocycles. The maximum absolute atomic E-state index is 12.0. The van der Waals surface area contributed by atoms with E-state index in [1.807, 2.05) is 6.92 Å². The van der Waals surface area contributed by atoms with E-state index in [1.165, 1.54) is 0 Å². The average Bonchev–Trinajstić information content (AvgIpc) is 2.82. The van der Waals surface area contributed by atoms with Crippen LogP contribution in [0.15, 0.2) is 6.20 Å². The Bertz CT molecular complexity index is 481. The summed E-state index contributed by atoms with van der Waals surface area (Å²) in [6, 6.07) is -0.0911. The number of urea groups is 1. The molecule has 20 heavy (non-hydrogen) atoms. The fourth-order valence-electron chi connectivity index (χ4n) is 2.33. The molecule has 2 rings (SSSR count). The van der Waals surface area contributed by atoms with Gasteiger partial charge in [0.25, 0.3) is 0 Å². The van der Waals surface area contributed by atoms with Gasteiger partial charge in [0.1, 0.15) is 5.01 Å². The van der Waals surface area contributed by atoms with Crippen LogP contribution in [0, 0.1) is 12.8 Å². The largest absolute Gasteiger partial charge is 0.481 e. The van der Waals surface area contributed by atoms with Gasteiger partial charge in [-0.05, 0) is 25.7 Å². The van der Waals surface area contributed by atoms with Crippen LogP contribution in [0.25, 0.3) is 0 Å². The number of thiazole rings is 1. The fourth-order valence-corrected chi connectivity index (χ4v) is 3.06. The summed E-state index contributed by atoms with van der Waals surface area (Å²) >= 11 is 1.57. The molecule has 1 aliphatic heterocycles. The zero-order valence-electron chi connectivity index (χ0n) is 11.5. The third-order valence-electron chi connectivity index (χ3n) is 3.43. The zero-order chi connectivity index (χ0) is 14.5. The number of carbonyl (C=O) groups excluding carboxylic acids is 1. The van der Waals surface area contributed by atoms with Gasteiger partial charge in [0.15, 0.2) is 0 Å². The highest BCUT2D eigenvalue weighted by atomic mass is 32.1. The highest BCUT2D eigenvalue weighted by Gasteiger charge is 2.24. The smallest absolute Gasteiger partial charge is 0.317 e. The number of likely N-dealkylation sites (tertiary alicyclic amines) is 1. The van der Waals surface area contributed by atoms with Gasteiger partial charge in [-0.25, -0.2) is 9.78 Å². The van der Waals surface area contributed by atoms with E-state index in [0.29, 0.717) is 19.6 Å². The number of piperidine rings is 1. The number of nitrogens with one attached hydrogen (secondary N) is 1. The lowest BCUT2D eigenvalue weighted by Gasteiger charge is -2.31. The molecule has 7 heteroatoms. The summed E-state index contributed by atoms with van der Waals surface area (Å²) < 4.78 is 0. The molecule has 110 valence electrons. The van der Waals surface area contributed by atoms with Crippen molar-refractivity contribution in [1.82, 2.24) is 15.2 Å². The van der Waals surface area contributed by atoms with Crippen LogP contribution < -0.4 is 5.32 Å². The predicted molar refractivity (Wildman–Crippen MR) is 75.6 cm³/mol. The molecule has 1 aliphatic rings. The second-order valence-electron chi connectivity index (χ2n) is 5.05. The van der Waals surface area contributed by atoms with E-state index in [2.05, 4.69) is 10.3 Å². The molecule has 0 radical (unpaired) electrons. The van der Waals surface area contributed by atoms with Crippen LogP contribution in [-0.2, 0) is 11.3 Å². The van der Waals surface area contributed by atoms with Crippen molar-refractivity contribution in [1.29, 1.82) is 0 Å². The van der Waals surface area contributed by atoms with Crippen molar-refractivity contribution in [2.24, 2.45) is 5.92 Å². The van der Waals surface area contributed by atoms with Gasteiger partial charge in [-0.15, -0.1) is 11.3 Å². The van der Waals surface area contributed by atoms with Gasteiger partial charge in [-0.3, -0.25) is 4.79 Å². The van der Waals surface area contributed by atoms with Crippen molar-refractivity contribution in [3.05, 3.63) is 16.1 Å². The minimum Gasteiger partial charge on any atom is -0.481 e. The number of carboxylic acid groups (broad SMARTS) is 1. The van der Waals surface area contributed by atoms with E-state index in [-0.39, 0.29) is 18.4 Å². The fraction of sp³-hybridized carbons (Fsp3) is 0.615. The van der Waals surface area contributed by atoms with Crippen LogP contribution in [0.4, 0.5) is 4.79 Å². The Kier molecular flexibility index (Phi) is 4.94. The van der Waals surface area contributed by atoms with Gasteiger partial charge in [0.2, 0.25) is 0 Å². The molecular formula is C13H19N3O3S. The SMILES string of the molecule is Cc1cnc(CNC(=O)N2CCC(CC(=O)O)CC2)s1. The zero-order valence-corrected chi connectivity index (χ0v) is 12.3. The summed E-state index contributed by atoms with van der Waals surface area (Å²) in [5, 5.41) is 12.5. The van der Waals surface area contributed by atoms with Crippen molar-refractivity contribution >= 4 is 23.3 Å². The molecule has 1 aromatic rings. The number of rotatable bonds is 4. The number of aliphatic carboxylic acids is 1. The highest BCUT2D eigenvalue weighted by molar-refractivity contribution is 7.11. The first-order valence-corrected chi connectivity index (χ1v) is 7.52. The van der Waals surface area contributed by atoms with Crippen LogP contribution in [0.3, 0.4) is 0 Å². The molecule has 2 heterocycles. The van der Waals surface area contributed by atoms with E-state index in [1.54, 1.807) is 22.4 Å². The first-order valence-electron chi connectivity index (χ1n) is 6.70. The van der Waals surface area contributed by atoms with E-state index in [4.69, 9.17) is 5.11 Å². The first-order chi connectivity index (χ1) is 9.54. The number of carbonyl (C=O) groups is 2. The Morgan fingerprint density at radius 1 is 1.50 bits per heavy atom. The number of aromatic nitrogens is 1. The molecule has 0 bridgehead atoms. The second kappa shape index (κ2) is 6.69. The number of aryl methyl sites for hydroxylation is 1. The molecule has 0 aromatic carbocycles. The molecular weight excluding hydrogens is 278 g/mol. The molecule has 0 aliphatic carbocycles. The quantitative estimate of drug-likeness (QED) is 0.888. The van der Waals surface area contributed by atoms with Crippen molar-refractivity contribution in [3.8, 4) is 0 Å². The standard InChI is InChI=1S/C13H19N3O3S/c1-9-7-14-11(20-9)8-15-13(19)16-4-2-10(3-5-16)6-12(17)18/h7,10H,2-6,8H2,1H3,(H,15,19)(H,17,18). The van der Waals surface area contributed by atoms with Crippen molar-refractivity contribution in [2.75, 3.05) is 13.1 Å². The van der Waals surface area contributed by atoms with Gasteiger partial charge in [0.05, 0.1) is 6.54 Å². The van der Waals surface area contributed by atoms with E-state index in [9.17, 15) is 9.59 Å². The Morgan fingerprint density at radius 3 is 2.75 bits per heavy atom. The van der Waals surface area contributed by atoms with E-state index >= 15 is 0 Å². The summed E-state index contributed by atoms with van der Waals surface area (Å²) in [4.78, 5) is 29.7. The summed E-state index contributed by atoms with van der Waals surface area (Å²) in [6.45, 7) is 3.68. The highest BCUT2D eigenvalue weighted by Crippen LogP contribution is 2.20. The predicted octanol–water partition coefficient (Wildman–Crippen LogP) is 1.85. The lowest BCUT2D eigenvalue weighted by molar-refractivity contribution is -0.138. The van der Waals surface area contributed by atoms with Crippen molar-refractivity contribution in [2.45, 2.75) is 32.7 Å². The summed E-state index contributed by atoms with van der Waals surface area (Å²) in [5.41, 5.74) is 0.